The van der Waals surface area contributed by atoms with E-state index >= 15 is 4.79 Å². The molecule has 0 unspecified atom stereocenters. The molecule has 1 N–H and O–H groups in total. The molecule has 1 spiro atoms. The normalized spacial score (nSPS) is 22.3. The van der Waals surface area contributed by atoms with Crippen LogP contribution >= 0.6 is 11.6 Å². The summed E-state index contributed by atoms with van der Waals surface area (Å²) in [5, 5.41) is 17.9. The SMILES string of the molecule is COc1ccc([Si](C)(C)[C@@H]2[C@@H](CC(=O)N3Cc4ccccc4C[C@H]3CO)O[C@]3(C(=O)N(Cc4cccc(-n5ncc6ccccc6c5=O)c4)c4ccc(Cl)cc43)[C@H]2C)cc1. The van der Waals surface area contributed by atoms with Crippen molar-refractivity contribution in [3.8, 4) is 11.4 Å². The van der Waals surface area contributed by atoms with Gasteiger partial charge in [0.25, 0.3) is 11.5 Å². The van der Waals surface area contributed by atoms with Crippen molar-refractivity contribution < 1.29 is 24.2 Å². The Kier molecular flexibility index (Phi) is 10.3. The molecule has 60 heavy (non-hydrogen) atoms. The maximum absolute atomic E-state index is 15.5. The van der Waals surface area contributed by atoms with Crippen LogP contribution in [0, 0.1) is 5.92 Å². The molecule has 0 bridgehead atoms. The molecule has 2 amide bonds. The number of nitrogens with zero attached hydrogens (tertiary/aromatic N) is 4. The van der Waals surface area contributed by atoms with Gasteiger partial charge in [-0.15, -0.1) is 0 Å². The molecule has 0 aliphatic carbocycles. The third kappa shape index (κ3) is 6.55. The predicted octanol–water partition coefficient (Wildman–Crippen LogP) is 7.15. The first-order valence-corrected chi connectivity index (χ1v) is 23.9. The molecule has 306 valence electrons. The first-order chi connectivity index (χ1) is 28.9. The van der Waals surface area contributed by atoms with Crippen molar-refractivity contribution >= 4 is 53.1 Å². The van der Waals surface area contributed by atoms with E-state index in [9.17, 15) is 14.7 Å². The average molecular weight is 839 g/mol. The van der Waals surface area contributed by atoms with Gasteiger partial charge in [0, 0.05) is 28.4 Å². The molecular weight excluding hydrogens is 792 g/mol. The maximum Gasteiger partial charge on any atom is 0.279 e. The minimum Gasteiger partial charge on any atom is -0.497 e. The lowest BCUT2D eigenvalue weighted by atomic mass is 9.82. The van der Waals surface area contributed by atoms with Gasteiger partial charge in [-0.1, -0.05) is 104 Å². The molecule has 0 radical (unpaired) electrons. The molecule has 0 saturated carbocycles. The Bertz CT molecular complexity index is 2700. The summed E-state index contributed by atoms with van der Waals surface area (Å²) < 4.78 is 14.2. The molecule has 4 heterocycles. The minimum absolute atomic E-state index is 0.0424. The Morgan fingerprint density at radius 1 is 0.950 bits per heavy atom. The fourth-order valence-corrected chi connectivity index (χ4v) is 14.4. The van der Waals surface area contributed by atoms with Crippen LogP contribution in [0.5, 0.6) is 5.75 Å². The van der Waals surface area contributed by atoms with Crippen LogP contribution in [0.3, 0.4) is 0 Å². The number of ether oxygens (including phenoxy) is 2. The van der Waals surface area contributed by atoms with E-state index in [0.29, 0.717) is 40.3 Å². The van der Waals surface area contributed by atoms with Crippen molar-refractivity contribution in [3.05, 3.63) is 159 Å². The van der Waals surface area contributed by atoms with E-state index in [1.54, 1.807) is 35.2 Å². The van der Waals surface area contributed by atoms with Crippen LogP contribution in [0.2, 0.25) is 23.7 Å². The lowest BCUT2D eigenvalue weighted by molar-refractivity contribution is -0.151. The molecular formula is C48H47ClN4O6Si. The third-order valence-electron chi connectivity index (χ3n) is 13.3. The predicted molar refractivity (Wildman–Crippen MR) is 236 cm³/mol. The Morgan fingerprint density at radius 3 is 2.47 bits per heavy atom. The van der Waals surface area contributed by atoms with Gasteiger partial charge in [0.15, 0.2) is 5.60 Å². The molecule has 9 rings (SSSR count). The fraction of sp³-hybridized carbons (Fsp3) is 0.292. The Balaban J connectivity index is 1.10. The number of aliphatic hydroxyl groups excluding tert-OH is 1. The minimum atomic E-state index is -2.58. The van der Waals surface area contributed by atoms with Crippen molar-refractivity contribution in [2.45, 2.75) is 69.2 Å². The molecule has 10 nitrogen and oxygen atoms in total. The second-order valence-corrected chi connectivity index (χ2v) is 22.0. The van der Waals surface area contributed by atoms with Gasteiger partial charge in [-0.25, -0.2) is 0 Å². The number of hydrogen-bond donors (Lipinski definition) is 1. The number of fused-ring (bicyclic) bond motifs is 4. The van der Waals surface area contributed by atoms with Gasteiger partial charge in [-0.05, 0) is 77.2 Å². The van der Waals surface area contributed by atoms with Crippen LogP contribution in [0.15, 0.2) is 126 Å². The first kappa shape index (κ1) is 39.8. The zero-order valence-corrected chi connectivity index (χ0v) is 35.8. The summed E-state index contributed by atoms with van der Waals surface area (Å²) in [5.41, 5.74) is 3.07. The van der Waals surface area contributed by atoms with Crippen LogP contribution in [0.4, 0.5) is 5.69 Å². The molecule has 1 saturated heterocycles. The van der Waals surface area contributed by atoms with E-state index < -0.39 is 19.8 Å². The van der Waals surface area contributed by atoms with Gasteiger partial charge < -0.3 is 24.4 Å². The van der Waals surface area contributed by atoms with Crippen LogP contribution in [0.25, 0.3) is 16.5 Å². The number of amides is 2. The highest BCUT2D eigenvalue weighted by atomic mass is 35.5. The van der Waals surface area contributed by atoms with Gasteiger partial charge in [-0.3, -0.25) is 14.4 Å². The molecule has 6 aromatic rings. The quantitative estimate of drug-likeness (QED) is 0.154. The van der Waals surface area contributed by atoms with Gasteiger partial charge >= 0.3 is 0 Å². The number of halogens is 1. The van der Waals surface area contributed by atoms with Gasteiger partial charge in [0.2, 0.25) is 5.91 Å². The van der Waals surface area contributed by atoms with Crippen LogP contribution < -0.4 is 20.4 Å². The van der Waals surface area contributed by atoms with Crippen LogP contribution in [-0.4, -0.2) is 65.5 Å². The summed E-state index contributed by atoms with van der Waals surface area (Å²) in [5.74, 6) is 0.0400. The number of aromatic nitrogens is 2. The maximum atomic E-state index is 15.5. The molecule has 5 atom stereocenters. The van der Waals surface area contributed by atoms with Crippen molar-refractivity contribution in [3.63, 3.8) is 0 Å². The highest BCUT2D eigenvalue weighted by Crippen LogP contribution is 2.60. The molecule has 1 aromatic heterocycles. The van der Waals surface area contributed by atoms with E-state index in [0.717, 1.165) is 33.0 Å². The second-order valence-electron chi connectivity index (χ2n) is 16.9. The fourth-order valence-electron chi connectivity index (χ4n) is 10.2. The van der Waals surface area contributed by atoms with Crippen molar-refractivity contribution in [2.24, 2.45) is 5.92 Å². The number of aliphatic hydroxyl groups is 1. The summed E-state index contributed by atoms with van der Waals surface area (Å²) in [4.78, 5) is 47.2. The summed E-state index contributed by atoms with van der Waals surface area (Å²) >= 11 is 6.77. The van der Waals surface area contributed by atoms with Gasteiger partial charge in [-0.2, -0.15) is 9.78 Å². The molecule has 12 heteroatoms. The summed E-state index contributed by atoms with van der Waals surface area (Å²) in [6.45, 7) is 7.09. The van der Waals surface area contributed by atoms with Crippen LogP contribution in [-0.2, 0) is 39.4 Å². The standard InChI is InChI=1S/C48H47ClN4O6Si/c1-30-45(60(3,4)39-19-17-38(58-2)18-20-39)43(25-44(55)51-28-34-13-6-5-11-32(34)23-37(51)29-54)59-48(30)41-24-35(49)16-21-42(41)52(47(48)57)27-31-10-9-14-36(22-31)53-46(56)40-15-8-7-12-33(40)26-50-53/h5-22,24,26,30,37,43,45,54H,23,25,27-29H2,1-4H3/t30-,37-,43+,45-,48+/m0/s1. The number of carbonyl (C=O) groups is 2. The Hall–Kier alpha value is -5.59. The second kappa shape index (κ2) is 15.5. The van der Waals surface area contributed by atoms with E-state index in [2.05, 4.69) is 43.3 Å². The van der Waals surface area contributed by atoms with Crippen molar-refractivity contribution in [1.82, 2.24) is 14.7 Å². The summed E-state index contributed by atoms with van der Waals surface area (Å²) in [7, 11) is -0.932. The molecule has 5 aromatic carbocycles. The average Bonchev–Trinajstić information content (AvgIpc) is 3.68. The molecule has 3 aliphatic heterocycles. The molecule has 3 aliphatic rings. The smallest absolute Gasteiger partial charge is 0.279 e. The van der Waals surface area contributed by atoms with E-state index in [4.69, 9.17) is 21.1 Å². The largest absolute Gasteiger partial charge is 0.497 e. The van der Waals surface area contributed by atoms with Crippen molar-refractivity contribution in [2.75, 3.05) is 18.6 Å². The zero-order chi connectivity index (χ0) is 41.9. The highest BCUT2D eigenvalue weighted by Gasteiger charge is 2.66. The monoisotopic (exact) mass is 838 g/mol. The van der Waals surface area contributed by atoms with Crippen LogP contribution in [0.1, 0.15) is 35.6 Å². The van der Waals surface area contributed by atoms with Crippen molar-refractivity contribution in [1.29, 1.82) is 0 Å². The Morgan fingerprint density at radius 2 is 1.70 bits per heavy atom. The zero-order valence-electron chi connectivity index (χ0n) is 34.0. The van der Waals surface area contributed by atoms with E-state index in [-0.39, 0.29) is 54.4 Å². The summed E-state index contributed by atoms with van der Waals surface area (Å²) in [6.07, 6.45) is 1.66. The lowest BCUT2D eigenvalue weighted by Crippen LogP contribution is -2.52. The number of hydrogen-bond acceptors (Lipinski definition) is 7. The van der Waals surface area contributed by atoms with E-state index in [1.807, 2.05) is 84.9 Å². The highest BCUT2D eigenvalue weighted by molar-refractivity contribution is 6.91. The first-order valence-electron chi connectivity index (χ1n) is 20.4. The third-order valence-corrected chi connectivity index (χ3v) is 17.8. The van der Waals surface area contributed by atoms with Gasteiger partial charge in [0.05, 0.1) is 69.9 Å². The Labute approximate surface area is 354 Å². The van der Waals surface area contributed by atoms with E-state index in [1.165, 1.54) is 4.68 Å². The number of benzene rings is 5. The van der Waals surface area contributed by atoms with Gasteiger partial charge in [0.1, 0.15) is 5.75 Å². The number of rotatable bonds is 9. The number of methoxy groups -OCH3 is 1. The number of carbonyl (C=O) groups excluding carboxylic acids is 2. The molecule has 1 fully saturated rings. The summed E-state index contributed by atoms with van der Waals surface area (Å²) in [6, 6.07) is 36.2. The lowest BCUT2D eigenvalue weighted by Gasteiger charge is -2.39. The number of anilines is 1. The topological polar surface area (TPSA) is 114 Å².